The Morgan fingerprint density at radius 1 is 1.04 bits per heavy atom. The van der Waals surface area contributed by atoms with E-state index in [1.165, 1.54) is 19.1 Å². The zero-order chi connectivity index (χ0) is 18.6. The van der Waals surface area contributed by atoms with Gasteiger partial charge in [-0.15, -0.1) is 0 Å². The first kappa shape index (κ1) is 18.5. The van der Waals surface area contributed by atoms with Crippen LogP contribution < -0.4 is 0 Å². The van der Waals surface area contributed by atoms with Crippen molar-refractivity contribution in [3.05, 3.63) is 71.3 Å². The summed E-state index contributed by atoms with van der Waals surface area (Å²) in [4.78, 5) is 25.0. The quantitative estimate of drug-likeness (QED) is 0.891. The van der Waals surface area contributed by atoms with Crippen LogP contribution in [0.3, 0.4) is 0 Å². The molecule has 0 aliphatic rings. The van der Waals surface area contributed by atoms with Crippen molar-refractivity contribution >= 4 is 11.9 Å². The number of carbonyl (C=O) groups excluding carboxylic acids is 1. The number of rotatable bonds is 5. The van der Waals surface area contributed by atoms with Gasteiger partial charge in [0.15, 0.2) is 0 Å². The number of carboxylic acid groups (broad SMARTS) is 1. The molecule has 1 unspecified atom stereocenters. The van der Waals surface area contributed by atoms with Crippen LogP contribution in [0.4, 0.5) is 13.2 Å². The lowest BCUT2D eigenvalue weighted by Crippen LogP contribution is -2.43. The van der Waals surface area contributed by atoms with Crippen LogP contribution >= 0.6 is 0 Å². The molecule has 1 N–H and O–H groups in total. The lowest BCUT2D eigenvalue weighted by molar-refractivity contribution is -0.141. The van der Waals surface area contributed by atoms with E-state index in [2.05, 4.69) is 0 Å². The Balaban J connectivity index is 2.44. The van der Waals surface area contributed by atoms with Gasteiger partial charge in [0.2, 0.25) is 0 Å². The largest absolute Gasteiger partial charge is 0.480 e. The fourth-order valence-corrected chi connectivity index (χ4v) is 2.37. The number of benzene rings is 2. The van der Waals surface area contributed by atoms with Gasteiger partial charge in [-0.25, -0.2) is 4.79 Å². The smallest absolute Gasteiger partial charge is 0.417 e. The van der Waals surface area contributed by atoms with E-state index in [9.17, 15) is 27.9 Å². The molecule has 0 saturated heterocycles. The molecule has 0 aromatic heterocycles. The number of hydrogen-bond donors (Lipinski definition) is 1. The van der Waals surface area contributed by atoms with Gasteiger partial charge in [0.25, 0.3) is 5.91 Å². The number of carbonyl (C=O) groups is 2. The van der Waals surface area contributed by atoms with Crippen molar-refractivity contribution in [2.24, 2.45) is 0 Å². The molecule has 25 heavy (non-hydrogen) atoms. The predicted octanol–water partition coefficient (Wildman–Crippen LogP) is 3.82. The lowest BCUT2D eigenvalue weighted by Gasteiger charge is -2.28. The molecule has 0 aliphatic heterocycles. The van der Waals surface area contributed by atoms with E-state index < -0.39 is 35.2 Å². The van der Waals surface area contributed by atoms with Gasteiger partial charge in [-0.05, 0) is 24.6 Å². The standard InChI is InChI=1S/C18H16F3NO3/c1-12(17(24)25)22(11-13-7-3-2-4-8-13)16(23)14-9-5-6-10-15(14)18(19,20)21/h2-10,12H,11H2,1H3,(H,24,25). The highest BCUT2D eigenvalue weighted by Gasteiger charge is 2.37. The minimum absolute atomic E-state index is 0.112. The van der Waals surface area contributed by atoms with Crippen molar-refractivity contribution in [3.63, 3.8) is 0 Å². The molecule has 4 nitrogen and oxygen atoms in total. The lowest BCUT2D eigenvalue weighted by atomic mass is 10.0. The summed E-state index contributed by atoms with van der Waals surface area (Å²) in [5.74, 6) is -2.28. The summed E-state index contributed by atoms with van der Waals surface area (Å²) in [6.45, 7) is 1.15. The monoisotopic (exact) mass is 351 g/mol. The maximum absolute atomic E-state index is 13.2. The Hall–Kier alpha value is -2.83. The molecule has 0 spiro atoms. The van der Waals surface area contributed by atoms with E-state index in [1.807, 2.05) is 0 Å². The van der Waals surface area contributed by atoms with Gasteiger partial charge in [-0.2, -0.15) is 13.2 Å². The van der Waals surface area contributed by atoms with E-state index in [0.717, 1.165) is 17.0 Å². The minimum atomic E-state index is -4.71. The Kier molecular flexibility index (Phi) is 5.46. The molecule has 132 valence electrons. The average Bonchev–Trinajstić information content (AvgIpc) is 2.58. The van der Waals surface area contributed by atoms with Gasteiger partial charge in [0.1, 0.15) is 6.04 Å². The molecule has 1 atom stereocenters. The Morgan fingerprint density at radius 3 is 2.16 bits per heavy atom. The molecule has 0 saturated carbocycles. The van der Waals surface area contributed by atoms with Crippen LogP contribution in [0.25, 0.3) is 0 Å². The topological polar surface area (TPSA) is 57.6 Å². The molecule has 2 aromatic carbocycles. The van der Waals surface area contributed by atoms with Crippen molar-refractivity contribution in [2.45, 2.75) is 25.7 Å². The van der Waals surface area contributed by atoms with Crippen molar-refractivity contribution < 1.29 is 27.9 Å². The molecule has 0 fully saturated rings. The predicted molar refractivity (Wildman–Crippen MR) is 84.9 cm³/mol. The van der Waals surface area contributed by atoms with E-state index >= 15 is 0 Å². The average molecular weight is 351 g/mol. The zero-order valence-corrected chi connectivity index (χ0v) is 13.3. The third-order valence-corrected chi connectivity index (χ3v) is 3.74. The molecule has 0 heterocycles. The van der Waals surface area contributed by atoms with Gasteiger partial charge in [0, 0.05) is 6.54 Å². The van der Waals surface area contributed by atoms with Crippen LogP contribution in [0.2, 0.25) is 0 Å². The van der Waals surface area contributed by atoms with E-state index in [4.69, 9.17) is 0 Å². The fraction of sp³-hybridized carbons (Fsp3) is 0.222. The number of amides is 1. The second-order valence-electron chi connectivity index (χ2n) is 5.48. The number of aliphatic carboxylic acids is 1. The van der Waals surface area contributed by atoms with Crippen molar-refractivity contribution in [1.82, 2.24) is 4.90 Å². The number of nitrogens with zero attached hydrogens (tertiary/aromatic N) is 1. The van der Waals surface area contributed by atoms with Crippen molar-refractivity contribution in [1.29, 1.82) is 0 Å². The first-order chi connectivity index (χ1) is 11.7. The summed E-state index contributed by atoms with van der Waals surface area (Å²) in [5, 5.41) is 9.24. The SMILES string of the molecule is CC(C(=O)O)N(Cc1ccccc1)C(=O)c1ccccc1C(F)(F)F. The maximum Gasteiger partial charge on any atom is 0.417 e. The van der Waals surface area contributed by atoms with Gasteiger partial charge in [-0.3, -0.25) is 4.79 Å². The Morgan fingerprint density at radius 2 is 1.60 bits per heavy atom. The first-order valence-electron chi connectivity index (χ1n) is 7.45. The number of alkyl halides is 3. The molecule has 2 rings (SSSR count). The second-order valence-corrected chi connectivity index (χ2v) is 5.48. The number of halogens is 3. The van der Waals surface area contributed by atoms with Gasteiger partial charge in [-0.1, -0.05) is 42.5 Å². The molecule has 0 bridgehead atoms. The first-order valence-corrected chi connectivity index (χ1v) is 7.45. The van der Waals surface area contributed by atoms with Crippen LogP contribution in [0.1, 0.15) is 28.4 Å². The summed E-state index contributed by atoms with van der Waals surface area (Å²) >= 11 is 0. The summed E-state index contributed by atoms with van der Waals surface area (Å²) in [7, 11) is 0. The van der Waals surface area contributed by atoms with Crippen LogP contribution in [0, 0.1) is 0 Å². The maximum atomic E-state index is 13.2. The normalized spacial score (nSPS) is 12.5. The zero-order valence-electron chi connectivity index (χ0n) is 13.3. The van der Waals surface area contributed by atoms with Crippen LogP contribution in [-0.2, 0) is 17.5 Å². The number of carboxylic acids is 1. The van der Waals surface area contributed by atoms with Gasteiger partial charge in [0.05, 0.1) is 11.1 Å². The highest BCUT2D eigenvalue weighted by Crippen LogP contribution is 2.32. The van der Waals surface area contributed by atoms with E-state index in [0.29, 0.717) is 5.56 Å². The summed E-state index contributed by atoms with van der Waals surface area (Å²) in [6.07, 6.45) is -4.71. The summed E-state index contributed by atoms with van der Waals surface area (Å²) in [5.41, 5.74) is -1.04. The van der Waals surface area contributed by atoms with Crippen LogP contribution in [-0.4, -0.2) is 27.9 Å². The van der Waals surface area contributed by atoms with Crippen molar-refractivity contribution in [2.75, 3.05) is 0 Å². The molecular weight excluding hydrogens is 335 g/mol. The Bertz CT molecular complexity index is 760. The second kappa shape index (κ2) is 7.38. The number of hydrogen-bond acceptors (Lipinski definition) is 2. The van der Waals surface area contributed by atoms with Gasteiger partial charge < -0.3 is 10.0 Å². The molecule has 0 aliphatic carbocycles. The Labute approximate surface area is 142 Å². The summed E-state index contributed by atoms with van der Waals surface area (Å²) < 4.78 is 39.5. The molecule has 7 heteroatoms. The van der Waals surface area contributed by atoms with Crippen molar-refractivity contribution in [3.8, 4) is 0 Å². The van der Waals surface area contributed by atoms with Gasteiger partial charge >= 0.3 is 12.1 Å². The van der Waals surface area contributed by atoms with Crippen LogP contribution in [0.5, 0.6) is 0 Å². The van der Waals surface area contributed by atoms with E-state index in [-0.39, 0.29) is 6.54 Å². The highest BCUT2D eigenvalue weighted by atomic mass is 19.4. The van der Waals surface area contributed by atoms with E-state index in [1.54, 1.807) is 30.3 Å². The third-order valence-electron chi connectivity index (χ3n) is 3.74. The fourth-order valence-electron chi connectivity index (χ4n) is 2.37. The highest BCUT2D eigenvalue weighted by molar-refractivity contribution is 5.98. The third kappa shape index (κ3) is 4.37. The molecular formula is C18H16F3NO3. The molecule has 0 radical (unpaired) electrons. The minimum Gasteiger partial charge on any atom is -0.480 e. The molecule has 1 amide bonds. The van der Waals surface area contributed by atoms with Crippen LogP contribution in [0.15, 0.2) is 54.6 Å². The summed E-state index contributed by atoms with van der Waals surface area (Å²) in [6, 6.07) is 11.6. The molecule has 2 aromatic rings.